The third-order valence-corrected chi connectivity index (χ3v) is 4.85. The molecule has 1 aliphatic carbocycles. The van der Waals surface area contributed by atoms with Crippen molar-refractivity contribution in [3.63, 3.8) is 0 Å². The Morgan fingerprint density at radius 2 is 2.24 bits per heavy atom. The molecule has 1 saturated carbocycles. The van der Waals surface area contributed by atoms with Gasteiger partial charge in [-0.2, -0.15) is 14.6 Å². The standard InChI is InChI=1S/C15H23N5O/c1-10-11(2)19-14-17-9-18-20(14)13(10)16-8-15(3)7-5-4-6-12(15)21/h9,12,16,21H,4-8H2,1-3H3. The molecule has 6 heteroatoms. The van der Waals surface area contributed by atoms with Gasteiger partial charge >= 0.3 is 0 Å². The van der Waals surface area contributed by atoms with Gasteiger partial charge < -0.3 is 10.4 Å². The van der Waals surface area contributed by atoms with Crippen molar-refractivity contribution in [1.29, 1.82) is 0 Å². The lowest BCUT2D eigenvalue weighted by molar-refractivity contribution is 0.00955. The molecule has 3 rings (SSSR count). The summed E-state index contributed by atoms with van der Waals surface area (Å²) in [7, 11) is 0. The first-order chi connectivity index (χ1) is 10.0. The zero-order valence-electron chi connectivity index (χ0n) is 12.9. The molecule has 0 aromatic carbocycles. The highest BCUT2D eigenvalue weighted by molar-refractivity contribution is 5.51. The Hall–Kier alpha value is -1.69. The third kappa shape index (κ3) is 2.48. The lowest BCUT2D eigenvalue weighted by Crippen LogP contribution is -2.41. The number of aliphatic hydroxyl groups excluding tert-OH is 1. The molecule has 2 aromatic heterocycles. The smallest absolute Gasteiger partial charge is 0.254 e. The molecule has 6 nitrogen and oxygen atoms in total. The first-order valence-electron chi connectivity index (χ1n) is 7.60. The fourth-order valence-electron chi connectivity index (χ4n) is 3.11. The van der Waals surface area contributed by atoms with Crippen LogP contribution in [-0.4, -0.2) is 37.3 Å². The average molecular weight is 289 g/mol. The van der Waals surface area contributed by atoms with Crippen molar-refractivity contribution < 1.29 is 5.11 Å². The average Bonchev–Trinajstić information content (AvgIpc) is 2.90. The molecule has 0 spiro atoms. The Labute approximate surface area is 124 Å². The maximum absolute atomic E-state index is 10.3. The molecule has 0 bridgehead atoms. The number of aromatic nitrogens is 4. The molecule has 0 aliphatic heterocycles. The van der Waals surface area contributed by atoms with Crippen LogP contribution in [0.25, 0.3) is 5.78 Å². The Morgan fingerprint density at radius 3 is 3.00 bits per heavy atom. The van der Waals surface area contributed by atoms with E-state index in [1.165, 1.54) is 12.7 Å². The highest BCUT2D eigenvalue weighted by atomic mass is 16.3. The molecule has 1 aliphatic rings. The van der Waals surface area contributed by atoms with E-state index >= 15 is 0 Å². The van der Waals surface area contributed by atoms with Crippen LogP contribution in [0.1, 0.15) is 43.9 Å². The summed E-state index contributed by atoms with van der Waals surface area (Å²) in [5, 5.41) is 18.0. The Balaban J connectivity index is 1.88. The number of aryl methyl sites for hydroxylation is 1. The minimum Gasteiger partial charge on any atom is -0.392 e. The van der Waals surface area contributed by atoms with Gasteiger partial charge in [-0.25, -0.2) is 4.98 Å². The minimum atomic E-state index is -0.242. The second kappa shape index (κ2) is 5.26. The fourth-order valence-corrected chi connectivity index (χ4v) is 3.11. The van der Waals surface area contributed by atoms with E-state index < -0.39 is 0 Å². The topological polar surface area (TPSA) is 75.3 Å². The number of hydrogen-bond acceptors (Lipinski definition) is 5. The van der Waals surface area contributed by atoms with Crippen LogP contribution in [0.5, 0.6) is 0 Å². The van der Waals surface area contributed by atoms with Gasteiger partial charge in [0.15, 0.2) is 0 Å². The van der Waals surface area contributed by atoms with E-state index in [4.69, 9.17) is 0 Å². The molecule has 0 saturated heterocycles. The van der Waals surface area contributed by atoms with Gasteiger partial charge in [0, 0.05) is 23.2 Å². The minimum absolute atomic E-state index is 0.0885. The van der Waals surface area contributed by atoms with Crippen LogP contribution in [0.15, 0.2) is 6.33 Å². The molecular weight excluding hydrogens is 266 g/mol. The summed E-state index contributed by atoms with van der Waals surface area (Å²) in [5.74, 6) is 1.53. The van der Waals surface area contributed by atoms with Crippen molar-refractivity contribution in [2.24, 2.45) is 5.41 Å². The van der Waals surface area contributed by atoms with Crippen LogP contribution < -0.4 is 5.32 Å². The van der Waals surface area contributed by atoms with E-state index in [9.17, 15) is 5.11 Å². The summed E-state index contributed by atoms with van der Waals surface area (Å²) < 4.78 is 1.74. The maximum Gasteiger partial charge on any atom is 0.254 e. The summed E-state index contributed by atoms with van der Waals surface area (Å²) in [5.41, 5.74) is 1.93. The van der Waals surface area contributed by atoms with E-state index in [0.717, 1.165) is 42.9 Å². The van der Waals surface area contributed by atoms with E-state index in [1.54, 1.807) is 4.52 Å². The first kappa shape index (κ1) is 14.3. The molecule has 2 heterocycles. The molecule has 114 valence electrons. The van der Waals surface area contributed by atoms with Gasteiger partial charge in [0.25, 0.3) is 5.78 Å². The lowest BCUT2D eigenvalue weighted by atomic mass is 9.73. The quantitative estimate of drug-likeness (QED) is 0.905. The van der Waals surface area contributed by atoms with Gasteiger partial charge in [-0.3, -0.25) is 0 Å². The van der Waals surface area contributed by atoms with Crippen LogP contribution in [0.3, 0.4) is 0 Å². The van der Waals surface area contributed by atoms with Crippen molar-refractivity contribution in [2.75, 3.05) is 11.9 Å². The normalized spacial score (nSPS) is 26.2. The highest BCUT2D eigenvalue weighted by Gasteiger charge is 2.35. The predicted molar refractivity (Wildman–Crippen MR) is 81.3 cm³/mol. The van der Waals surface area contributed by atoms with Crippen molar-refractivity contribution in [3.05, 3.63) is 17.6 Å². The largest absolute Gasteiger partial charge is 0.392 e. The van der Waals surface area contributed by atoms with Gasteiger partial charge in [-0.15, -0.1) is 0 Å². The Morgan fingerprint density at radius 1 is 1.43 bits per heavy atom. The van der Waals surface area contributed by atoms with Gasteiger partial charge in [-0.1, -0.05) is 19.8 Å². The molecule has 1 fully saturated rings. The number of nitrogens with one attached hydrogen (secondary N) is 1. The van der Waals surface area contributed by atoms with Crippen LogP contribution in [-0.2, 0) is 0 Å². The number of hydrogen-bond donors (Lipinski definition) is 2. The first-order valence-corrected chi connectivity index (χ1v) is 7.60. The van der Waals surface area contributed by atoms with Crippen LogP contribution in [0.4, 0.5) is 5.82 Å². The van der Waals surface area contributed by atoms with Crippen molar-refractivity contribution >= 4 is 11.6 Å². The third-order valence-electron chi connectivity index (χ3n) is 4.85. The zero-order valence-corrected chi connectivity index (χ0v) is 12.9. The second-order valence-corrected chi connectivity index (χ2v) is 6.41. The molecule has 2 N–H and O–H groups in total. The van der Waals surface area contributed by atoms with Crippen LogP contribution in [0.2, 0.25) is 0 Å². The fraction of sp³-hybridized carbons (Fsp3) is 0.667. The number of fused-ring (bicyclic) bond motifs is 1. The number of nitrogens with zero attached hydrogens (tertiary/aromatic N) is 4. The number of aliphatic hydroxyl groups is 1. The molecule has 21 heavy (non-hydrogen) atoms. The van der Waals surface area contributed by atoms with Crippen molar-refractivity contribution in [1.82, 2.24) is 19.6 Å². The van der Waals surface area contributed by atoms with Gasteiger partial charge in [0.05, 0.1) is 6.10 Å². The molecule has 2 atom stereocenters. The number of anilines is 1. The zero-order chi connectivity index (χ0) is 15.0. The second-order valence-electron chi connectivity index (χ2n) is 6.41. The summed E-state index contributed by atoms with van der Waals surface area (Å²) in [6.45, 7) is 6.90. The van der Waals surface area contributed by atoms with Gasteiger partial charge in [0.1, 0.15) is 12.1 Å². The summed E-state index contributed by atoms with van der Waals surface area (Å²) in [6.07, 6.45) is 5.52. The van der Waals surface area contributed by atoms with Gasteiger partial charge in [0.2, 0.25) is 0 Å². The monoisotopic (exact) mass is 289 g/mol. The van der Waals surface area contributed by atoms with Crippen molar-refractivity contribution in [2.45, 2.75) is 52.6 Å². The molecule has 0 amide bonds. The van der Waals surface area contributed by atoms with Crippen LogP contribution in [0, 0.1) is 19.3 Å². The molecule has 2 aromatic rings. The summed E-state index contributed by atoms with van der Waals surface area (Å²) in [4.78, 5) is 8.58. The predicted octanol–water partition coefficient (Wildman–Crippen LogP) is 2.09. The van der Waals surface area contributed by atoms with E-state index in [1.807, 2.05) is 13.8 Å². The lowest BCUT2D eigenvalue weighted by Gasteiger charge is -2.38. The van der Waals surface area contributed by atoms with E-state index in [2.05, 4.69) is 27.3 Å². The van der Waals surface area contributed by atoms with Crippen molar-refractivity contribution in [3.8, 4) is 0 Å². The molecule has 2 unspecified atom stereocenters. The maximum atomic E-state index is 10.3. The SMILES string of the molecule is Cc1nc2ncnn2c(NCC2(C)CCCCC2O)c1C. The highest BCUT2D eigenvalue weighted by Crippen LogP contribution is 2.36. The number of rotatable bonds is 3. The molecular formula is C15H23N5O. The Kier molecular flexibility index (Phi) is 3.57. The summed E-state index contributed by atoms with van der Waals surface area (Å²) >= 11 is 0. The van der Waals surface area contributed by atoms with E-state index in [0.29, 0.717) is 5.78 Å². The molecule has 0 radical (unpaired) electrons. The summed E-state index contributed by atoms with van der Waals surface area (Å²) in [6, 6.07) is 0. The van der Waals surface area contributed by atoms with Gasteiger partial charge in [-0.05, 0) is 26.7 Å². The van der Waals surface area contributed by atoms with E-state index in [-0.39, 0.29) is 11.5 Å². The van der Waals surface area contributed by atoms with Crippen LogP contribution >= 0.6 is 0 Å². The Bertz CT molecular complexity index is 653.